The minimum Gasteiger partial charge on any atom is -0.370 e. The Morgan fingerprint density at radius 1 is 1.32 bits per heavy atom. The topological polar surface area (TPSA) is 67.2 Å². The van der Waals surface area contributed by atoms with Crippen molar-refractivity contribution in [2.75, 3.05) is 18.0 Å². The summed E-state index contributed by atoms with van der Waals surface area (Å²) in [6.45, 7) is 3.80. The van der Waals surface area contributed by atoms with Crippen LogP contribution in [0.5, 0.6) is 0 Å². The first-order valence-electron chi connectivity index (χ1n) is 9.49. The molecule has 1 atom stereocenters. The predicted octanol–water partition coefficient (Wildman–Crippen LogP) is 2.46. The summed E-state index contributed by atoms with van der Waals surface area (Å²) >= 11 is 0. The maximum atomic E-state index is 13.6. The summed E-state index contributed by atoms with van der Waals surface area (Å²) < 4.78 is 28.3. The summed E-state index contributed by atoms with van der Waals surface area (Å²) in [4.78, 5) is 26.3. The van der Waals surface area contributed by atoms with Gasteiger partial charge in [-0.15, -0.1) is 0 Å². The largest absolute Gasteiger partial charge is 0.370 e. The van der Waals surface area contributed by atoms with Gasteiger partial charge in [0.15, 0.2) is 0 Å². The second-order valence-corrected chi connectivity index (χ2v) is 7.04. The fourth-order valence-electron chi connectivity index (χ4n) is 3.51. The highest BCUT2D eigenvalue weighted by Gasteiger charge is 2.23. The van der Waals surface area contributed by atoms with Gasteiger partial charge >= 0.3 is 0 Å². The lowest BCUT2D eigenvalue weighted by Crippen LogP contribution is -2.38. The van der Waals surface area contributed by atoms with Gasteiger partial charge in [-0.05, 0) is 43.9 Å². The highest BCUT2D eigenvalue weighted by Crippen LogP contribution is 2.24. The van der Waals surface area contributed by atoms with Gasteiger partial charge in [-0.1, -0.05) is 0 Å². The van der Waals surface area contributed by atoms with Gasteiger partial charge in [0.05, 0.1) is 11.9 Å². The van der Waals surface area contributed by atoms with E-state index in [9.17, 15) is 18.4 Å². The number of halogens is 2. The molecule has 1 aromatic carbocycles. The Labute approximate surface area is 162 Å². The predicted molar refractivity (Wildman–Crippen MR) is 102 cm³/mol. The van der Waals surface area contributed by atoms with E-state index in [-0.39, 0.29) is 29.5 Å². The van der Waals surface area contributed by atoms with Crippen molar-refractivity contribution in [2.24, 2.45) is 5.92 Å². The van der Waals surface area contributed by atoms with Gasteiger partial charge < -0.3 is 10.2 Å². The van der Waals surface area contributed by atoms with Gasteiger partial charge in [0.25, 0.3) is 5.56 Å². The van der Waals surface area contributed by atoms with E-state index in [1.54, 1.807) is 12.3 Å². The molecule has 2 heterocycles. The van der Waals surface area contributed by atoms with Gasteiger partial charge in [-0.25, -0.2) is 13.5 Å². The summed E-state index contributed by atoms with van der Waals surface area (Å²) in [7, 11) is 0. The molecule has 8 heteroatoms. The van der Waals surface area contributed by atoms with E-state index in [4.69, 9.17) is 0 Å². The molecule has 0 radical (unpaired) electrons. The highest BCUT2D eigenvalue weighted by atomic mass is 19.1. The van der Waals surface area contributed by atoms with Crippen molar-refractivity contribution in [2.45, 2.75) is 39.3 Å². The minimum atomic E-state index is -0.542. The standard InChI is InChI=1S/C20H24F2N4O2/c1-2-26-20(28)10-17(12-24-26)25-7-3-4-14(13-25)8-19(27)23-11-15-9-16(21)5-6-18(15)22/h5-6,9-10,12,14H,2-4,7-8,11,13H2,1H3,(H,23,27). The van der Waals surface area contributed by atoms with Crippen LogP contribution in [0.4, 0.5) is 14.5 Å². The minimum absolute atomic E-state index is 0.0436. The molecule has 0 saturated carbocycles. The van der Waals surface area contributed by atoms with Crippen molar-refractivity contribution in [3.05, 3.63) is 58.0 Å². The molecule has 1 saturated heterocycles. The number of benzene rings is 1. The average Bonchev–Trinajstić information content (AvgIpc) is 2.69. The molecular weight excluding hydrogens is 366 g/mol. The SMILES string of the molecule is CCn1ncc(N2CCCC(CC(=O)NCc3cc(F)ccc3F)C2)cc1=O. The van der Waals surface area contributed by atoms with Gasteiger partial charge in [-0.3, -0.25) is 9.59 Å². The van der Waals surface area contributed by atoms with E-state index in [0.717, 1.165) is 43.3 Å². The molecular formula is C20H24F2N4O2. The Balaban J connectivity index is 1.55. The van der Waals surface area contributed by atoms with E-state index < -0.39 is 11.6 Å². The summed E-state index contributed by atoms with van der Waals surface area (Å²) in [6, 6.07) is 4.76. The highest BCUT2D eigenvalue weighted by molar-refractivity contribution is 5.76. The van der Waals surface area contributed by atoms with Crippen molar-refractivity contribution in [1.82, 2.24) is 15.1 Å². The molecule has 150 valence electrons. The van der Waals surface area contributed by atoms with E-state index in [0.29, 0.717) is 19.5 Å². The number of aromatic nitrogens is 2. The Bertz CT molecular complexity index is 900. The molecule has 3 rings (SSSR count). The average molecular weight is 390 g/mol. The Morgan fingerprint density at radius 3 is 2.89 bits per heavy atom. The normalized spacial score (nSPS) is 16.8. The van der Waals surface area contributed by atoms with Crippen LogP contribution in [0.15, 0.2) is 35.3 Å². The van der Waals surface area contributed by atoms with Crippen LogP contribution in [0.2, 0.25) is 0 Å². The lowest BCUT2D eigenvalue weighted by atomic mass is 9.94. The molecule has 1 N–H and O–H groups in total. The Hall–Kier alpha value is -2.77. The second-order valence-electron chi connectivity index (χ2n) is 7.04. The number of aryl methyl sites for hydroxylation is 1. The molecule has 1 aromatic heterocycles. The quantitative estimate of drug-likeness (QED) is 0.823. The number of nitrogens with one attached hydrogen (secondary N) is 1. The van der Waals surface area contributed by atoms with Crippen LogP contribution in [0.3, 0.4) is 0 Å². The molecule has 1 amide bonds. The number of hydrogen-bond donors (Lipinski definition) is 1. The van der Waals surface area contributed by atoms with Gasteiger partial charge in [0, 0.05) is 44.2 Å². The van der Waals surface area contributed by atoms with E-state index in [1.807, 2.05) is 6.92 Å². The molecule has 0 aliphatic carbocycles. The van der Waals surface area contributed by atoms with Crippen LogP contribution in [0.25, 0.3) is 0 Å². The van der Waals surface area contributed by atoms with Crippen molar-refractivity contribution in [1.29, 1.82) is 0 Å². The van der Waals surface area contributed by atoms with Gasteiger partial charge in [0.1, 0.15) is 11.6 Å². The van der Waals surface area contributed by atoms with Crippen molar-refractivity contribution in [3.63, 3.8) is 0 Å². The monoisotopic (exact) mass is 390 g/mol. The molecule has 1 unspecified atom stereocenters. The zero-order valence-electron chi connectivity index (χ0n) is 15.8. The molecule has 1 fully saturated rings. The first-order chi connectivity index (χ1) is 13.5. The van der Waals surface area contributed by atoms with Crippen molar-refractivity contribution < 1.29 is 13.6 Å². The fourth-order valence-corrected chi connectivity index (χ4v) is 3.51. The molecule has 28 heavy (non-hydrogen) atoms. The fraction of sp³-hybridized carbons (Fsp3) is 0.450. The second kappa shape index (κ2) is 8.95. The molecule has 1 aliphatic rings. The van der Waals surface area contributed by atoms with Gasteiger partial charge in [0.2, 0.25) is 5.91 Å². The third kappa shape index (κ3) is 4.94. The van der Waals surface area contributed by atoms with Crippen LogP contribution < -0.4 is 15.8 Å². The number of carbonyl (C=O) groups is 1. The Morgan fingerprint density at radius 2 is 2.14 bits per heavy atom. The van der Waals surface area contributed by atoms with Crippen LogP contribution in [0, 0.1) is 17.6 Å². The van der Waals surface area contributed by atoms with Crippen LogP contribution >= 0.6 is 0 Å². The van der Waals surface area contributed by atoms with Crippen LogP contribution in [0.1, 0.15) is 31.7 Å². The summed E-state index contributed by atoms with van der Waals surface area (Å²) in [6.07, 6.45) is 3.79. The molecule has 0 bridgehead atoms. The maximum Gasteiger partial charge on any atom is 0.268 e. The zero-order valence-corrected chi connectivity index (χ0v) is 15.8. The first-order valence-corrected chi connectivity index (χ1v) is 9.49. The summed E-state index contributed by atoms with van der Waals surface area (Å²) in [5, 5.41) is 6.82. The van der Waals surface area contributed by atoms with Crippen LogP contribution in [-0.2, 0) is 17.9 Å². The smallest absolute Gasteiger partial charge is 0.268 e. The lowest BCUT2D eigenvalue weighted by Gasteiger charge is -2.34. The molecule has 0 spiro atoms. The third-order valence-corrected chi connectivity index (χ3v) is 5.00. The molecule has 1 aliphatic heterocycles. The first kappa shape index (κ1) is 20.0. The van der Waals surface area contributed by atoms with E-state index in [2.05, 4.69) is 15.3 Å². The summed E-state index contributed by atoms with van der Waals surface area (Å²) in [5.74, 6) is -1.15. The number of nitrogens with zero attached hydrogens (tertiary/aromatic N) is 3. The summed E-state index contributed by atoms with van der Waals surface area (Å²) in [5.41, 5.74) is 0.750. The number of hydrogen-bond acceptors (Lipinski definition) is 4. The number of anilines is 1. The lowest BCUT2D eigenvalue weighted by molar-refractivity contribution is -0.122. The number of carbonyl (C=O) groups excluding carboxylic acids is 1. The van der Waals surface area contributed by atoms with E-state index in [1.165, 1.54) is 4.68 Å². The van der Waals surface area contributed by atoms with Crippen molar-refractivity contribution >= 4 is 11.6 Å². The molecule has 6 nitrogen and oxygen atoms in total. The number of amides is 1. The number of rotatable bonds is 6. The molecule has 2 aromatic rings. The third-order valence-electron chi connectivity index (χ3n) is 5.00. The van der Waals surface area contributed by atoms with Gasteiger partial charge in [-0.2, -0.15) is 5.10 Å². The Kier molecular flexibility index (Phi) is 6.38. The van der Waals surface area contributed by atoms with Crippen LogP contribution in [-0.4, -0.2) is 28.8 Å². The number of piperidine rings is 1. The maximum absolute atomic E-state index is 13.6. The van der Waals surface area contributed by atoms with E-state index >= 15 is 0 Å². The zero-order chi connectivity index (χ0) is 20.1. The van der Waals surface area contributed by atoms with Crippen molar-refractivity contribution in [3.8, 4) is 0 Å².